The standard InChI is InChI=1S/C8H17N3/c1-7-5-8(3-4-8)6-11(7)10(2)9/h7H,3-6,9H2,1-2H3/t7-/m1/s1. The summed E-state index contributed by atoms with van der Waals surface area (Å²) in [5.41, 5.74) is 0.674. The van der Waals surface area contributed by atoms with Gasteiger partial charge in [-0.15, -0.1) is 0 Å². The van der Waals surface area contributed by atoms with Gasteiger partial charge in [-0.3, -0.25) is 5.84 Å². The van der Waals surface area contributed by atoms with E-state index in [1.807, 2.05) is 7.05 Å². The van der Waals surface area contributed by atoms with Crippen LogP contribution in [0.5, 0.6) is 0 Å². The molecule has 1 heterocycles. The molecule has 0 aromatic heterocycles. The predicted molar refractivity (Wildman–Crippen MR) is 44.4 cm³/mol. The lowest BCUT2D eigenvalue weighted by molar-refractivity contribution is -0.0112. The molecule has 11 heavy (non-hydrogen) atoms. The molecule has 3 heteroatoms. The third-order valence-corrected chi connectivity index (χ3v) is 3.10. The van der Waals surface area contributed by atoms with Gasteiger partial charge in [0.1, 0.15) is 0 Å². The summed E-state index contributed by atoms with van der Waals surface area (Å²) in [6.07, 6.45) is 4.18. The fraction of sp³-hybridized carbons (Fsp3) is 1.00. The third kappa shape index (κ3) is 1.17. The molecule has 1 aliphatic heterocycles. The number of nitrogens with zero attached hydrogens (tertiary/aromatic N) is 2. The number of hydrogen-bond donors (Lipinski definition) is 1. The van der Waals surface area contributed by atoms with Gasteiger partial charge in [-0.25, -0.2) is 5.01 Å². The molecule has 64 valence electrons. The van der Waals surface area contributed by atoms with Crippen molar-refractivity contribution < 1.29 is 0 Å². The van der Waals surface area contributed by atoms with E-state index in [0.717, 1.165) is 0 Å². The molecular formula is C8H17N3. The van der Waals surface area contributed by atoms with Crippen molar-refractivity contribution >= 4 is 0 Å². The van der Waals surface area contributed by atoms with Gasteiger partial charge >= 0.3 is 0 Å². The van der Waals surface area contributed by atoms with E-state index in [-0.39, 0.29) is 0 Å². The zero-order valence-corrected chi connectivity index (χ0v) is 7.38. The molecule has 1 saturated heterocycles. The maximum atomic E-state index is 5.70. The van der Waals surface area contributed by atoms with E-state index in [9.17, 15) is 0 Å². The van der Waals surface area contributed by atoms with Gasteiger partial charge in [0.25, 0.3) is 0 Å². The molecule has 1 spiro atoms. The highest BCUT2D eigenvalue weighted by Crippen LogP contribution is 2.54. The van der Waals surface area contributed by atoms with Gasteiger partial charge in [0.05, 0.1) is 0 Å². The van der Waals surface area contributed by atoms with Gasteiger partial charge in [-0.1, -0.05) is 0 Å². The molecular weight excluding hydrogens is 138 g/mol. The Morgan fingerprint density at radius 3 is 2.45 bits per heavy atom. The zero-order chi connectivity index (χ0) is 8.06. The summed E-state index contributed by atoms with van der Waals surface area (Å²) < 4.78 is 0. The van der Waals surface area contributed by atoms with Crippen molar-refractivity contribution in [3.8, 4) is 0 Å². The molecule has 0 aromatic rings. The Kier molecular flexibility index (Phi) is 1.50. The molecule has 2 N–H and O–H groups in total. The molecule has 0 unspecified atom stereocenters. The van der Waals surface area contributed by atoms with Crippen molar-refractivity contribution in [2.24, 2.45) is 11.3 Å². The van der Waals surface area contributed by atoms with Gasteiger partial charge in [0.15, 0.2) is 0 Å². The summed E-state index contributed by atoms with van der Waals surface area (Å²) in [6, 6.07) is 0.646. The molecule has 0 amide bonds. The third-order valence-electron chi connectivity index (χ3n) is 3.10. The minimum absolute atomic E-state index is 0.646. The number of hydrazine groups is 2. The summed E-state index contributed by atoms with van der Waals surface area (Å²) in [5, 5.41) is 4.02. The van der Waals surface area contributed by atoms with Gasteiger partial charge in [-0.2, -0.15) is 5.12 Å². The molecule has 1 atom stereocenters. The van der Waals surface area contributed by atoms with Crippen LogP contribution in [-0.2, 0) is 0 Å². The van der Waals surface area contributed by atoms with Crippen molar-refractivity contribution in [2.75, 3.05) is 13.6 Å². The maximum Gasteiger partial charge on any atom is 0.0236 e. The largest absolute Gasteiger partial charge is 0.255 e. The van der Waals surface area contributed by atoms with Crippen LogP contribution < -0.4 is 5.84 Å². The Labute approximate surface area is 68.1 Å². The average Bonchev–Trinajstić information content (AvgIpc) is 2.54. The first-order valence-electron chi connectivity index (χ1n) is 4.38. The molecule has 0 radical (unpaired) electrons. The van der Waals surface area contributed by atoms with Gasteiger partial charge < -0.3 is 0 Å². The second-order valence-electron chi connectivity index (χ2n) is 4.22. The highest BCUT2D eigenvalue weighted by atomic mass is 15.8. The molecule has 1 aliphatic carbocycles. The fourth-order valence-corrected chi connectivity index (χ4v) is 2.26. The lowest BCUT2D eigenvalue weighted by Crippen LogP contribution is -2.46. The summed E-state index contributed by atoms with van der Waals surface area (Å²) >= 11 is 0. The van der Waals surface area contributed by atoms with Crippen LogP contribution in [0.3, 0.4) is 0 Å². The lowest BCUT2D eigenvalue weighted by Gasteiger charge is -2.27. The van der Waals surface area contributed by atoms with Crippen molar-refractivity contribution in [3.63, 3.8) is 0 Å². The van der Waals surface area contributed by atoms with Crippen molar-refractivity contribution in [2.45, 2.75) is 32.2 Å². The zero-order valence-electron chi connectivity index (χ0n) is 7.38. The van der Waals surface area contributed by atoms with Gasteiger partial charge in [0, 0.05) is 19.6 Å². The summed E-state index contributed by atoms with van der Waals surface area (Å²) in [7, 11) is 1.93. The van der Waals surface area contributed by atoms with E-state index in [1.165, 1.54) is 25.8 Å². The minimum atomic E-state index is 0.646. The summed E-state index contributed by atoms with van der Waals surface area (Å²) in [4.78, 5) is 0. The first-order chi connectivity index (χ1) is 5.13. The maximum absolute atomic E-state index is 5.70. The first-order valence-corrected chi connectivity index (χ1v) is 4.38. The first kappa shape index (κ1) is 7.53. The van der Waals surface area contributed by atoms with Crippen molar-refractivity contribution in [1.29, 1.82) is 0 Å². The second kappa shape index (κ2) is 2.19. The smallest absolute Gasteiger partial charge is 0.0236 e. The van der Waals surface area contributed by atoms with Crippen LogP contribution >= 0.6 is 0 Å². The van der Waals surface area contributed by atoms with Crippen molar-refractivity contribution in [3.05, 3.63) is 0 Å². The number of rotatable bonds is 1. The minimum Gasteiger partial charge on any atom is -0.255 e. The topological polar surface area (TPSA) is 32.5 Å². The van der Waals surface area contributed by atoms with Crippen LogP contribution in [-0.4, -0.2) is 29.8 Å². The Balaban J connectivity index is 2.02. The highest BCUT2D eigenvalue weighted by molar-refractivity contribution is 5.02. The molecule has 2 fully saturated rings. The Morgan fingerprint density at radius 2 is 2.18 bits per heavy atom. The van der Waals surface area contributed by atoms with Gasteiger partial charge in [-0.05, 0) is 31.6 Å². The van der Waals surface area contributed by atoms with Gasteiger partial charge in [0.2, 0.25) is 0 Å². The van der Waals surface area contributed by atoms with E-state index in [4.69, 9.17) is 5.84 Å². The quantitative estimate of drug-likeness (QED) is 0.444. The number of hydrogen-bond acceptors (Lipinski definition) is 3. The Morgan fingerprint density at radius 1 is 1.55 bits per heavy atom. The molecule has 1 saturated carbocycles. The van der Waals surface area contributed by atoms with E-state index in [2.05, 4.69) is 11.9 Å². The average molecular weight is 155 g/mol. The second-order valence-corrected chi connectivity index (χ2v) is 4.22. The molecule has 3 nitrogen and oxygen atoms in total. The SMILES string of the molecule is C[C@@H]1CC2(CC2)CN1N(C)N. The van der Waals surface area contributed by atoms with Crippen LogP contribution in [0.1, 0.15) is 26.2 Å². The molecule has 2 aliphatic rings. The molecule has 2 rings (SSSR count). The summed E-state index contributed by atoms with van der Waals surface area (Å²) in [5.74, 6) is 5.70. The van der Waals surface area contributed by atoms with Crippen LogP contribution in [0, 0.1) is 5.41 Å². The van der Waals surface area contributed by atoms with Crippen LogP contribution in [0.15, 0.2) is 0 Å². The van der Waals surface area contributed by atoms with Crippen LogP contribution in [0.2, 0.25) is 0 Å². The lowest BCUT2D eigenvalue weighted by atomic mass is 10.0. The number of nitrogens with two attached hydrogens (primary N) is 1. The van der Waals surface area contributed by atoms with E-state index in [0.29, 0.717) is 11.5 Å². The Bertz CT molecular complexity index is 163. The summed E-state index contributed by atoms with van der Waals surface area (Å²) in [6.45, 7) is 3.44. The normalized spacial score (nSPS) is 35.5. The van der Waals surface area contributed by atoms with Crippen molar-refractivity contribution in [1.82, 2.24) is 10.1 Å². The molecule has 0 bridgehead atoms. The fourth-order valence-electron chi connectivity index (χ4n) is 2.26. The highest BCUT2D eigenvalue weighted by Gasteiger charge is 2.51. The van der Waals surface area contributed by atoms with Crippen LogP contribution in [0.25, 0.3) is 0 Å². The van der Waals surface area contributed by atoms with Crippen LogP contribution in [0.4, 0.5) is 0 Å². The monoisotopic (exact) mass is 155 g/mol. The van der Waals surface area contributed by atoms with E-state index < -0.39 is 0 Å². The molecule has 0 aromatic carbocycles. The Hall–Kier alpha value is -0.120. The van der Waals surface area contributed by atoms with E-state index >= 15 is 0 Å². The van der Waals surface area contributed by atoms with E-state index in [1.54, 1.807) is 5.12 Å². The predicted octanol–water partition coefficient (Wildman–Crippen LogP) is 0.581.